The van der Waals surface area contributed by atoms with Gasteiger partial charge >= 0.3 is 6.18 Å². The summed E-state index contributed by atoms with van der Waals surface area (Å²) in [7, 11) is 1.35. The number of aromatic amines is 1. The predicted molar refractivity (Wildman–Crippen MR) is 99.7 cm³/mol. The van der Waals surface area contributed by atoms with Gasteiger partial charge in [-0.2, -0.15) is 13.2 Å². The van der Waals surface area contributed by atoms with Gasteiger partial charge < -0.3 is 14.5 Å². The molecule has 1 saturated heterocycles. The molecule has 0 amide bonds. The SMILES string of the molecule is COc1c([C@H]2[C@H](c3cc(=O)cc(C)[nH]3)O[C@@](C)(C(F)(F)F)[C@H]2C)ccc(F)c1C. The molecule has 0 bridgehead atoms. The number of ether oxygens (including phenoxy) is 2. The zero-order valence-electron chi connectivity index (χ0n) is 16.8. The standard InChI is InChI=1S/C21H23F4NO3/c1-10-8-13(27)9-16(26-10)19-17(12(3)20(4,29-19)21(23,24)25)14-6-7-15(22)11(2)18(14)28-5/h6-9,12,17,19H,1-5H3,(H,26,27)/t12-,17-,19-,20+/m0/s1. The van der Waals surface area contributed by atoms with Crippen molar-refractivity contribution in [2.75, 3.05) is 7.11 Å². The zero-order chi connectivity index (χ0) is 21.7. The molecule has 1 aliphatic heterocycles. The monoisotopic (exact) mass is 413 g/mol. The van der Waals surface area contributed by atoms with Gasteiger partial charge in [0.05, 0.1) is 7.11 Å². The van der Waals surface area contributed by atoms with Crippen LogP contribution in [0.2, 0.25) is 0 Å². The first-order chi connectivity index (χ1) is 13.4. The molecule has 1 aromatic carbocycles. The molecule has 4 nitrogen and oxygen atoms in total. The Labute approximate surface area is 165 Å². The predicted octanol–water partition coefficient (Wildman–Crippen LogP) is 4.95. The number of nitrogens with one attached hydrogen (secondary N) is 1. The number of hydrogen-bond acceptors (Lipinski definition) is 3. The second kappa shape index (κ2) is 7.16. The fourth-order valence-corrected chi connectivity index (χ4v) is 4.15. The van der Waals surface area contributed by atoms with Gasteiger partial charge in [0, 0.05) is 46.5 Å². The van der Waals surface area contributed by atoms with Crippen molar-refractivity contribution in [3.8, 4) is 5.75 Å². The van der Waals surface area contributed by atoms with Gasteiger partial charge in [-0.05, 0) is 26.8 Å². The lowest BCUT2D eigenvalue weighted by atomic mass is 9.76. The lowest BCUT2D eigenvalue weighted by Crippen LogP contribution is -2.46. The topological polar surface area (TPSA) is 51.3 Å². The van der Waals surface area contributed by atoms with Crippen LogP contribution in [0.5, 0.6) is 5.75 Å². The second-order valence-electron chi connectivity index (χ2n) is 7.71. The van der Waals surface area contributed by atoms with E-state index >= 15 is 0 Å². The third kappa shape index (κ3) is 3.43. The van der Waals surface area contributed by atoms with Gasteiger partial charge in [-0.15, -0.1) is 0 Å². The van der Waals surface area contributed by atoms with Crippen molar-refractivity contribution < 1.29 is 27.0 Å². The second-order valence-corrected chi connectivity index (χ2v) is 7.71. The molecule has 0 saturated carbocycles. The summed E-state index contributed by atoms with van der Waals surface area (Å²) in [5.74, 6) is -2.20. The van der Waals surface area contributed by atoms with E-state index in [1.54, 1.807) is 6.92 Å². The lowest BCUT2D eigenvalue weighted by molar-refractivity contribution is -0.275. The normalized spacial score (nSPS) is 27.3. The van der Waals surface area contributed by atoms with Crippen LogP contribution >= 0.6 is 0 Å². The number of aryl methyl sites for hydroxylation is 1. The molecule has 1 N–H and O–H groups in total. The maximum absolute atomic E-state index is 14.1. The molecule has 0 spiro atoms. The van der Waals surface area contributed by atoms with Crippen molar-refractivity contribution in [2.45, 2.75) is 51.5 Å². The van der Waals surface area contributed by atoms with Gasteiger partial charge in [-0.3, -0.25) is 4.79 Å². The Hall–Kier alpha value is -2.35. The molecular formula is C21H23F4NO3. The molecule has 1 fully saturated rings. The van der Waals surface area contributed by atoms with E-state index in [0.717, 1.165) is 6.92 Å². The first-order valence-corrected chi connectivity index (χ1v) is 9.19. The van der Waals surface area contributed by atoms with E-state index in [2.05, 4.69) is 4.98 Å². The molecule has 8 heteroatoms. The Kier molecular flexibility index (Phi) is 5.28. The number of H-pyrrole nitrogens is 1. The average molecular weight is 413 g/mol. The van der Waals surface area contributed by atoms with E-state index in [0.29, 0.717) is 11.3 Å². The summed E-state index contributed by atoms with van der Waals surface area (Å²) < 4.78 is 66.9. The summed E-state index contributed by atoms with van der Waals surface area (Å²) in [6.45, 7) is 5.60. The molecule has 3 rings (SSSR count). The number of hydrogen-bond donors (Lipinski definition) is 1. The van der Waals surface area contributed by atoms with Gasteiger partial charge in [0.2, 0.25) is 0 Å². The average Bonchev–Trinajstić information content (AvgIpc) is 2.89. The van der Waals surface area contributed by atoms with Crippen LogP contribution in [0.1, 0.15) is 48.4 Å². The van der Waals surface area contributed by atoms with E-state index in [9.17, 15) is 22.4 Å². The minimum atomic E-state index is -4.65. The van der Waals surface area contributed by atoms with Crippen LogP contribution in [0.3, 0.4) is 0 Å². The molecule has 2 heterocycles. The van der Waals surface area contributed by atoms with Crippen molar-refractivity contribution >= 4 is 0 Å². The van der Waals surface area contributed by atoms with E-state index in [1.807, 2.05) is 0 Å². The number of aromatic nitrogens is 1. The molecule has 0 aliphatic carbocycles. The Morgan fingerprint density at radius 1 is 1.21 bits per heavy atom. The number of benzene rings is 1. The minimum Gasteiger partial charge on any atom is -0.496 e. The third-order valence-electron chi connectivity index (χ3n) is 5.91. The van der Waals surface area contributed by atoms with Gasteiger partial charge in [-0.1, -0.05) is 13.0 Å². The zero-order valence-corrected chi connectivity index (χ0v) is 16.8. The maximum atomic E-state index is 14.1. The summed E-state index contributed by atoms with van der Waals surface area (Å²) in [6, 6.07) is 5.22. The van der Waals surface area contributed by atoms with E-state index in [1.165, 1.54) is 45.2 Å². The van der Waals surface area contributed by atoms with E-state index in [4.69, 9.17) is 9.47 Å². The minimum absolute atomic E-state index is 0.178. The molecule has 4 atom stereocenters. The smallest absolute Gasteiger partial charge is 0.417 e. The van der Waals surface area contributed by atoms with E-state index in [-0.39, 0.29) is 22.4 Å². The van der Waals surface area contributed by atoms with Crippen LogP contribution in [-0.2, 0) is 4.74 Å². The van der Waals surface area contributed by atoms with Crippen LogP contribution in [0, 0.1) is 25.6 Å². The molecule has 0 unspecified atom stereocenters. The summed E-state index contributed by atoms with van der Waals surface area (Å²) in [6.07, 6.45) is -5.74. The number of methoxy groups -OCH3 is 1. The molecule has 29 heavy (non-hydrogen) atoms. The van der Waals surface area contributed by atoms with Crippen LogP contribution in [-0.4, -0.2) is 23.9 Å². The molecule has 2 aromatic rings. The van der Waals surface area contributed by atoms with Crippen LogP contribution < -0.4 is 10.2 Å². The number of rotatable bonds is 3. The lowest BCUT2D eigenvalue weighted by Gasteiger charge is -2.32. The van der Waals surface area contributed by atoms with Crippen molar-refractivity contribution in [1.29, 1.82) is 0 Å². The highest BCUT2D eigenvalue weighted by molar-refractivity contribution is 5.46. The van der Waals surface area contributed by atoms with Gasteiger partial charge in [0.25, 0.3) is 0 Å². The van der Waals surface area contributed by atoms with Crippen molar-refractivity contribution in [1.82, 2.24) is 4.98 Å². The molecule has 1 aromatic heterocycles. The highest BCUT2D eigenvalue weighted by Gasteiger charge is 2.64. The Morgan fingerprint density at radius 2 is 1.86 bits per heavy atom. The molecule has 158 valence electrons. The summed E-state index contributed by atoms with van der Waals surface area (Å²) in [4.78, 5) is 15.0. The first kappa shape index (κ1) is 21.4. The molecular weight excluding hydrogens is 390 g/mol. The van der Waals surface area contributed by atoms with Gasteiger partial charge in [-0.25, -0.2) is 4.39 Å². The van der Waals surface area contributed by atoms with Crippen molar-refractivity contribution in [3.05, 3.63) is 62.8 Å². The highest BCUT2D eigenvalue weighted by atomic mass is 19.4. The number of alkyl halides is 3. The quantitative estimate of drug-likeness (QED) is 0.725. The molecule has 1 aliphatic rings. The van der Waals surface area contributed by atoms with Crippen LogP contribution in [0.25, 0.3) is 0 Å². The Balaban J connectivity index is 2.25. The Bertz CT molecular complexity index is 985. The van der Waals surface area contributed by atoms with Crippen molar-refractivity contribution in [2.24, 2.45) is 5.92 Å². The van der Waals surface area contributed by atoms with Crippen LogP contribution in [0.4, 0.5) is 17.6 Å². The van der Waals surface area contributed by atoms with E-state index < -0.39 is 35.5 Å². The summed E-state index contributed by atoms with van der Waals surface area (Å²) >= 11 is 0. The largest absolute Gasteiger partial charge is 0.496 e. The Morgan fingerprint density at radius 3 is 2.41 bits per heavy atom. The number of halogens is 4. The summed E-state index contributed by atoms with van der Waals surface area (Å²) in [5.41, 5.74) is -1.45. The van der Waals surface area contributed by atoms with Crippen molar-refractivity contribution in [3.63, 3.8) is 0 Å². The fraction of sp³-hybridized carbons (Fsp3) is 0.476. The maximum Gasteiger partial charge on any atom is 0.417 e. The molecule has 0 radical (unpaired) electrons. The number of pyridine rings is 1. The van der Waals surface area contributed by atoms with Gasteiger partial charge in [0.15, 0.2) is 11.0 Å². The first-order valence-electron chi connectivity index (χ1n) is 9.19. The highest BCUT2D eigenvalue weighted by Crippen LogP contribution is 2.59. The van der Waals surface area contributed by atoms with Crippen LogP contribution in [0.15, 0.2) is 29.1 Å². The fourth-order valence-electron chi connectivity index (χ4n) is 4.15. The van der Waals surface area contributed by atoms with Gasteiger partial charge in [0.1, 0.15) is 17.7 Å². The summed E-state index contributed by atoms with van der Waals surface area (Å²) in [5, 5.41) is 0. The third-order valence-corrected chi connectivity index (χ3v) is 5.91.